The molecule has 0 aliphatic heterocycles. The van der Waals surface area contributed by atoms with Crippen LogP contribution < -0.4 is 10.6 Å². The number of nitrogens with one attached hydrogen (secondary N) is 2. The van der Waals surface area contributed by atoms with Gasteiger partial charge >= 0.3 is 0 Å². The van der Waals surface area contributed by atoms with Crippen molar-refractivity contribution in [2.24, 2.45) is 13.0 Å². The molecule has 1 fully saturated rings. The third-order valence-corrected chi connectivity index (χ3v) is 4.99. The van der Waals surface area contributed by atoms with E-state index in [1.807, 2.05) is 30.7 Å². The van der Waals surface area contributed by atoms with Gasteiger partial charge in [0.1, 0.15) is 11.3 Å². The van der Waals surface area contributed by atoms with Gasteiger partial charge in [-0.05, 0) is 49.1 Å². The third kappa shape index (κ3) is 3.29. The average Bonchev–Trinajstić information content (AvgIpc) is 3.47. The SMILES string of the molecule is CCc1cc(C#N)cc(F)c1Nc1cc(NC(=O)C2CC2)c2ncn(C)c2c1. The fourth-order valence-electron chi connectivity index (χ4n) is 3.27. The zero-order chi connectivity index (χ0) is 19.8. The van der Waals surface area contributed by atoms with Crippen LogP contribution >= 0.6 is 0 Å². The molecule has 1 saturated carbocycles. The first-order valence-corrected chi connectivity index (χ1v) is 9.25. The van der Waals surface area contributed by atoms with Crippen LogP contribution in [0.15, 0.2) is 30.6 Å². The van der Waals surface area contributed by atoms with Gasteiger partial charge in [-0.15, -0.1) is 0 Å². The minimum atomic E-state index is -0.482. The van der Waals surface area contributed by atoms with E-state index < -0.39 is 5.82 Å². The number of hydrogen-bond donors (Lipinski definition) is 2. The highest BCUT2D eigenvalue weighted by Crippen LogP contribution is 2.34. The second-order valence-corrected chi connectivity index (χ2v) is 7.09. The van der Waals surface area contributed by atoms with Crippen molar-refractivity contribution in [2.75, 3.05) is 10.6 Å². The summed E-state index contributed by atoms with van der Waals surface area (Å²) < 4.78 is 16.5. The zero-order valence-electron chi connectivity index (χ0n) is 15.7. The van der Waals surface area contributed by atoms with Crippen molar-refractivity contribution in [1.29, 1.82) is 5.26 Å². The van der Waals surface area contributed by atoms with Crippen LogP contribution in [-0.2, 0) is 18.3 Å². The Morgan fingerprint density at radius 3 is 2.82 bits per heavy atom. The Balaban J connectivity index is 1.76. The van der Waals surface area contributed by atoms with Gasteiger partial charge < -0.3 is 15.2 Å². The van der Waals surface area contributed by atoms with Crippen LogP contribution in [0.1, 0.15) is 30.9 Å². The number of fused-ring (bicyclic) bond motifs is 1. The molecule has 0 saturated heterocycles. The molecule has 1 aliphatic carbocycles. The summed E-state index contributed by atoms with van der Waals surface area (Å²) in [6.45, 7) is 1.91. The van der Waals surface area contributed by atoms with E-state index in [0.29, 0.717) is 40.1 Å². The van der Waals surface area contributed by atoms with Crippen LogP contribution in [0.4, 0.5) is 21.5 Å². The molecule has 1 aromatic heterocycles. The van der Waals surface area contributed by atoms with Crippen LogP contribution in [0, 0.1) is 23.1 Å². The molecule has 6 nitrogen and oxygen atoms in total. The maximum absolute atomic E-state index is 14.6. The normalized spacial score (nSPS) is 13.4. The summed E-state index contributed by atoms with van der Waals surface area (Å²) in [7, 11) is 1.87. The maximum atomic E-state index is 14.6. The summed E-state index contributed by atoms with van der Waals surface area (Å²) in [5, 5.41) is 15.2. The number of imidazole rings is 1. The molecule has 0 atom stereocenters. The van der Waals surface area contributed by atoms with Gasteiger partial charge in [0, 0.05) is 18.7 Å². The van der Waals surface area contributed by atoms with Crippen LogP contribution in [0.3, 0.4) is 0 Å². The Labute approximate surface area is 162 Å². The highest BCUT2D eigenvalue weighted by Gasteiger charge is 2.30. The number of aromatic nitrogens is 2. The Bertz CT molecular complexity index is 1120. The molecule has 0 radical (unpaired) electrons. The van der Waals surface area contributed by atoms with E-state index in [9.17, 15) is 9.18 Å². The molecular weight excluding hydrogens is 357 g/mol. The molecule has 1 amide bonds. The summed E-state index contributed by atoms with van der Waals surface area (Å²) in [5.74, 6) is -0.425. The fraction of sp³-hybridized carbons (Fsp3) is 0.286. The molecule has 1 aliphatic rings. The summed E-state index contributed by atoms with van der Waals surface area (Å²) in [5.41, 5.74) is 4.10. The highest BCUT2D eigenvalue weighted by molar-refractivity contribution is 6.03. The standard InChI is InChI=1S/C21H20FN5O/c1-3-13-6-12(10-23)7-16(22)19(13)25-15-8-17(26-21(28)14-4-5-14)20-18(9-15)27(2)11-24-20/h6-9,11,14,25H,3-5H2,1-2H3,(H,26,28). The number of aryl methyl sites for hydroxylation is 2. The van der Waals surface area contributed by atoms with Crippen molar-refractivity contribution < 1.29 is 9.18 Å². The lowest BCUT2D eigenvalue weighted by molar-refractivity contribution is -0.117. The number of benzene rings is 2. The Hall–Kier alpha value is -3.40. The largest absolute Gasteiger partial charge is 0.353 e. The number of anilines is 3. The average molecular weight is 377 g/mol. The summed E-state index contributed by atoms with van der Waals surface area (Å²) >= 11 is 0. The molecule has 28 heavy (non-hydrogen) atoms. The number of carbonyl (C=O) groups is 1. The minimum Gasteiger partial charge on any atom is -0.353 e. The van der Waals surface area contributed by atoms with E-state index in [1.54, 1.807) is 18.5 Å². The van der Waals surface area contributed by atoms with Crippen molar-refractivity contribution in [2.45, 2.75) is 26.2 Å². The van der Waals surface area contributed by atoms with Crippen LogP contribution in [-0.4, -0.2) is 15.5 Å². The summed E-state index contributed by atoms with van der Waals surface area (Å²) in [4.78, 5) is 16.6. The Kier molecular flexibility index (Phi) is 4.47. The highest BCUT2D eigenvalue weighted by atomic mass is 19.1. The summed E-state index contributed by atoms with van der Waals surface area (Å²) in [6, 6.07) is 8.53. The zero-order valence-corrected chi connectivity index (χ0v) is 15.7. The number of nitrogens with zero attached hydrogens (tertiary/aromatic N) is 3. The molecule has 7 heteroatoms. The van der Waals surface area contributed by atoms with Crippen LogP contribution in [0.2, 0.25) is 0 Å². The molecule has 0 spiro atoms. The van der Waals surface area contributed by atoms with Gasteiger partial charge in [0.05, 0.1) is 34.9 Å². The van der Waals surface area contributed by atoms with E-state index in [1.165, 1.54) is 6.07 Å². The van der Waals surface area contributed by atoms with E-state index >= 15 is 0 Å². The predicted octanol–water partition coefficient (Wildman–Crippen LogP) is 4.24. The second kappa shape index (κ2) is 6.97. The lowest BCUT2D eigenvalue weighted by atomic mass is 10.1. The van der Waals surface area contributed by atoms with Gasteiger partial charge in [0.15, 0.2) is 0 Å². The Morgan fingerprint density at radius 1 is 1.36 bits per heavy atom. The number of halogens is 1. The lowest BCUT2D eigenvalue weighted by Gasteiger charge is -2.15. The number of carbonyl (C=O) groups excluding carboxylic acids is 1. The van der Waals surface area contributed by atoms with E-state index in [4.69, 9.17) is 5.26 Å². The van der Waals surface area contributed by atoms with Gasteiger partial charge in [-0.2, -0.15) is 5.26 Å². The fourth-order valence-corrected chi connectivity index (χ4v) is 3.27. The molecule has 1 heterocycles. The van der Waals surface area contributed by atoms with Crippen molar-refractivity contribution in [3.63, 3.8) is 0 Å². The van der Waals surface area contributed by atoms with Crippen molar-refractivity contribution >= 4 is 34.0 Å². The first-order chi connectivity index (χ1) is 13.5. The quantitative estimate of drug-likeness (QED) is 0.697. The number of rotatable bonds is 5. The molecule has 2 aromatic carbocycles. The Morgan fingerprint density at radius 2 is 2.14 bits per heavy atom. The maximum Gasteiger partial charge on any atom is 0.227 e. The van der Waals surface area contributed by atoms with Gasteiger partial charge in [-0.1, -0.05) is 6.92 Å². The number of nitriles is 1. The van der Waals surface area contributed by atoms with Gasteiger partial charge in [0.2, 0.25) is 5.91 Å². The van der Waals surface area contributed by atoms with E-state index in [0.717, 1.165) is 18.4 Å². The number of amides is 1. The topological polar surface area (TPSA) is 82.7 Å². The molecular formula is C21H20FN5O. The monoisotopic (exact) mass is 377 g/mol. The van der Waals surface area contributed by atoms with Gasteiger partial charge in [-0.3, -0.25) is 4.79 Å². The molecule has 2 N–H and O–H groups in total. The van der Waals surface area contributed by atoms with E-state index in [-0.39, 0.29) is 11.8 Å². The van der Waals surface area contributed by atoms with Crippen molar-refractivity contribution in [3.8, 4) is 6.07 Å². The molecule has 0 bridgehead atoms. The number of hydrogen-bond acceptors (Lipinski definition) is 4. The third-order valence-electron chi connectivity index (χ3n) is 4.99. The molecule has 142 valence electrons. The van der Waals surface area contributed by atoms with Gasteiger partial charge in [-0.25, -0.2) is 9.37 Å². The van der Waals surface area contributed by atoms with E-state index in [2.05, 4.69) is 15.6 Å². The molecule has 0 unspecified atom stereocenters. The van der Waals surface area contributed by atoms with Crippen molar-refractivity contribution in [1.82, 2.24) is 9.55 Å². The van der Waals surface area contributed by atoms with Crippen LogP contribution in [0.25, 0.3) is 11.0 Å². The first kappa shape index (κ1) is 18.0. The van der Waals surface area contributed by atoms with Crippen molar-refractivity contribution in [3.05, 3.63) is 47.5 Å². The molecule has 3 aromatic rings. The predicted molar refractivity (Wildman–Crippen MR) is 106 cm³/mol. The first-order valence-electron chi connectivity index (χ1n) is 9.25. The van der Waals surface area contributed by atoms with Gasteiger partial charge in [0.25, 0.3) is 0 Å². The second-order valence-electron chi connectivity index (χ2n) is 7.09. The molecule has 4 rings (SSSR count). The summed E-state index contributed by atoms with van der Waals surface area (Å²) in [6.07, 6.45) is 4.08. The minimum absolute atomic E-state index is 0.0112. The van der Waals surface area contributed by atoms with Crippen LogP contribution in [0.5, 0.6) is 0 Å². The lowest BCUT2D eigenvalue weighted by Crippen LogP contribution is -2.14. The smallest absolute Gasteiger partial charge is 0.227 e.